The molecular weight excluding hydrogens is 264 g/mol. The van der Waals surface area contributed by atoms with Gasteiger partial charge in [0, 0.05) is 5.57 Å². The van der Waals surface area contributed by atoms with E-state index in [4.69, 9.17) is 15.6 Å². The smallest absolute Gasteiger partial charge is 0.352 e. The molecule has 1 aliphatic rings. The first-order valence-electron chi connectivity index (χ1n) is 5.28. The molecule has 0 aromatic carbocycles. The topological polar surface area (TPSA) is 111 Å². The third-order valence-electron chi connectivity index (χ3n) is 2.78. The van der Waals surface area contributed by atoms with E-state index in [1.165, 1.54) is 0 Å². The number of aromatic nitrogens is 2. The maximum Gasteiger partial charge on any atom is 0.352 e. The van der Waals surface area contributed by atoms with Crippen molar-refractivity contribution in [3.8, 4) is 0 Å². The van der Waals surface area contributed by atoms with Crippen molar-refractivity contribution in [1.29, 1.82) is 0 Å². The van der Waals surface area contributed by atoms with Crippen molar-refractivity contribution in [1.82, 2.24) is 9.55 Å². The second-order valence-electron chi connectivity index (χ2n) is 3.93. The number of ether oxygens (including phenoxy) is 1. The van der Waals surface area contributed by atoms with Crippen molar-refractivity contribution in [2.75, 3.05) is 12.3 Å². The van der Waals surface area contributed by atoms with E-state index < -0.39 is 42.4 Å². The Balaban J connectivity index is 2.47. The number of aliphatic hydroxyl groups is 2. The van der Waals surface area contributed by atoms with Gasteiger partial charge in [0.05, 0.1) is 19.1 Å². The average molecular weight is 275 g/mol. The molecule has 1 saturated heterocycles. The fraction of sp³-hybridized carbons (Fsp3) is 0.400. The van der Waals surface area contributed by atoms with Gasteiger partial charge in [0.15, 0.2) is 17.9 Å². The summed E-state index contributed by atoms with van der Waals surface area (Å²) in [6, 6.07) is 0. The lowest BCUT2D eigenvalue weighted by Gasteiger charge is -2.14. The lowest BCUT2D eigenvalue weighted by Crippen LogP contribution is -2.29. The van der Waals surface area contributed by atoms with Gasteiger partial charge in [-0.05, 0) is 0 Å². The fourth-order valence-electron chi connectivity index (χ4n) is 1.79. The number of nitrogens with two attached hydrogens (primary N) is 1. The Kier molecular flexibility index (Phi) is 3.60. The van der Waals surface area contributed by atoms with Gasteiger partial charge in [-0.15, -0.1) is 0 Å². The Morgan fingerprint density at radius 1 is 1.63 bits per heavy atom. The molecule has 4 N–H and O–H groups in total. The Hall–Kier alpha value is -1.84. The molecule has 2 heterocycles. The summed E-state index contributed by atoms with van der Waals surface area (Å²) < 4.78 is 31.8. The molecule has 3 unspecified atom stereocenters. The second kappa shape index (κ2) is 5.03. The standard InChI is InChI=1S/C10H11F2N3O4/c11-1-4-7(17)6(3-16)19-9(4)15-2-5(12)8(13)14-10(15)18/h1-2,6-7,9,16-17H,3H2,(H2,13,14,18). The zero-order valence-corrected chi connectivity index (χ0v) is 9.53. The maximum atomic E-state index is 13.3. The van der Waals surface area contributed by atoms with E-state index in [0.29, 0.717) is 10.8 Å². The van der Waals surface area contributed by atoms with Crippen LogP contribution >= 0.6 is 0 Å². The molecule has 0 bridgehead atoms. The van der Waals surface area contributed by atoms with Crippen LogP contribution in [-0.4, -0.2) is 38.6 Å². The highest BCUT2D eigenvalue weighted by Gasteiger charge is 2.40. The molecule has 19 heavy (non-hydrogen) atoms. The Bertz CT molecular complexity index is 574. The van der Waals surface area contributed by atoms with Crippen LogP contribution in [0.2, 0.25) is 0 Å². The third-order valence-corrected chi connectivity index (χ3v) is 2.78. The van der Waals surface area contributed by atoms with E-state index in [1.54, 1.807) is 0 Å². The van der Waals surface area contributed by atoms with Gasteiger partial charge in [-0.2, -0.15) is 4.98 Å². The van der Waals surface area contributed by atoms with Gasteiger partial charge < -0.3 is 20.7 Å². The molecular formula is C10H11F2N3O4. The highest BCUT2D eigenvalue weighted by molar-refractivity contribution is 5.27. The minimum absolute atomic E-state index is 0.0473. The van der Waals surface area contributed by atoms with Gasteiger partial charge in [0.1, 0.15) is 12.2 Å². The predicted molar refractivity (Wildman–Crippen MR) is 59.1 cm³/mol. The molecule has 0 spiro atoms. The number of nitrogens with zero attached hydrogens (tertiary/aromatic N) is 2. The van der Waals surface area contributed by atoms with Crippen LogP contribution in [0.4, 0.5) is 14.6 Å². The number of nitrogen functional groups attached to an aromatic ring is 1. The van der Waals surface area contributed by atoms with E-state index in [9.17, 15) is 18.7 Å². The van der Waals surface area contributed by atoms with Crippen LogP contribution in [0.3, 0.4) is 0 Å². The first-order valence-corrected chi connectivity index (χ1v) is 5.28. The molecule has 1 aromatic rings. The van der Waals surface area contributed by atoms with Gasteiger partial charge in [0.25, 0.3) is 0 Å². The van der Waals surface area contributed by atoms with Gasteiger partial charge in [-0.3, -0.25) is 4.57 Å². The molecule has 0 aliphatic carbocycles. The van der Waals surface area contributed by atoms with Crippen LogP contribution < -0.4 is 11.4 Å². The van der Waals surface area contributed by atoms with Crippen LogP contribution in [0.15, 0.2) is 22.9 Å². The van der Waals surface area contributed by atoms with Crippen molar-refractivity contribution < 1.29 is 23.7 Å². The number of aliphatic hydroxyl groups excluding tert-OH is 2. The van der Waals surface area contributed by atoms with Crippen LogP contribution in [0.5, 0.6) is 0 Å². The molecule has 2 rings (SSSR count). The van der Waals surface area contributed by atoms with Crippen LogP contribution in [0, 0.1) is 5.82 Å². The van der Waals surface area contributed by atoms with Crippen LogP contribution in [-0.2, 0) is 4.74 Å². The Morgan fingerprint density at radius 2 is 2.32 bits per heavy atom. The van der Waals surface area contributed by atoms with Crippen molar-refractivity contribution in [3.63, 3.8) is 0 Å². The van der Waals surface area contributed by atoms with E-state index in [1.807, 2.05) is 0 Å². The van der Waals surface area contributed by atoms with Gasteiger partial charge in [0.2, 0.25) is 0 Å². The Morgan fingerprint density at radius 3 is 2.89 bits per heavy atom. The monoisotopic (exact) mass is 275 g/mol. The molecule has 7 nitrogen and oxygen atoms in total. The molecule has 3 atom stereocenters. The SMILES string of the molecule is Nc1nc(=O)n(C2OC(CO)C(O)C2=CF)cc1F. The van der Waals surface area contributed by atoms with Crippen LogP contribution in [0.1, 0.15) is 6.23 Å². The molecule has 0 radical (unpaired) electrons. The number of hydrogen-bond acceptors (Lipinski definition) is 6. The lowest BCUT2D eigenvalue weighted by atomic mass is 10.1. The summed E-state index contributed by atoms with van der Waals surface area (Å²) in [6.45, 7) is -0.589. The van der Waals surface area contributed by atoms with Crippen molar-refractivity contribution >= 4 is 5.82 Å². The third kappa shape index (κ3) is 2.23. The van der Waals surface area contributed by atoms with Crippen molar-refractivity contribution in [2.24, 2.45) is 0 Å². The zero-order valence-electron chi connectivity index (χ0n) is 9.53. The molecule has 0 saturated carbocycles. The molecule has 1 aromatic heterocycles. The van der Waals surface area contributed by atoms with Gasteiger partial charge in [-0.25, -0.2) is 13.6 Å². The molecule has 9 heteroatoms. The van der Waals surface area contributed by atoms with E-state index in [2.05, 4.69) is 4.98 Å². The summed E-state index contributed by atoms with van der Waals surface area (Å²) in [7, 11) is 0. The lowest BCUT2D eigenvalue weighted by molar-refractivity contribution is -0.0449. The summed E-state index contributed by atoms with van der Waals surface area (Å²) in [5.74, 6) is -1.58. The number of anilines is 1. The molecule has 0 amide bonds. The summed E-state index contributed by atoms with van der Waals surface area (Å²) in [4.78, 5) is 14.8. The second-order valence-corrected chi connectivity index (χ2v) is 3.93. The highest BCUT2D eigenvalue weighted by atomic mass is 19.1. The maximum absolute atomic E-state index is 13.3. The molecule has 104 valence electrons. The normalized spacial score (nSPS) is 29.1. The van der Waals surface area contributed by atoms with Crippen LogP contribution in [0.25, 0.3) is 0 Å². The highest BCUT2D eigenvalue weighted by Crippen LogP contribution is 2.33. The first kappa shape index (κ1) is 13.6. The zero-order chi connectivity index (χ0) is 14.2. The van der Waals surface area contributed by atoms with E-state index in [0.717, 1.165) is 0 Å². The fourth-order valence-corrected chi connectivity index (χ4v) is 1.79. The number of halogens is 2. The van der Waals surface area contributed by atoms with Gasteiger partial charge >= 0.3 is 5.69 Å². The quantitative estimate of drug-likeness (QED) is 0.643. The summed E-state index contributed by atoms with van der Waals surface area (Å²) >= 11 is 0. The summed E-state index contributed by atoms with van der Waals surface area (Å²) in [5.41, 5.74) is 3.84. The first-order chi connectivity index (χ1) is 8.99. The number of rotatable bonds is 2. The summed E-state index contributed by atoms with van der Waals surface area (Å²) in [5, 5.41) is 18.6. The Labute approximate surface area is 105 Å². The van der Waals surface area contributed by atoms with E-state index in [-0.39, 0.29) is 11.9 Å². The molecule has 1 aliphatic heterocycles. The number of hydrogen-bond donors (Lipinski definition) is 3. The van der Waals surface area contributed by atoms with Crippen molar-refractivity contribution in [2.45, 2.75) is 18.4 Å². The average Bonchev–Trinajstić information content (AvgIpc) is 2.70. The van der Waals surface area contributed by atoms with Gasteiger partial charge in [-0.1, -0.05) is 0 Å². The van der Waals surface area contributed by atoms with E-state index >= 15 is 0 Å². The van der Waals surface area contributed by atoms with Crippen molar-refractivity contribution in [3.05, 3.63) is 34.4 Å². The largest absolute Gasteiger partial charge is 0.394 e. The minimum Gasteiger partial charge on any atom is -0.394 e. The predicted octanol–water partition coefficient (Wildman–Crippen LogP) is -0.931. The molecule has 1 fully saturated rings. The minimum atomic E-state index is -1.44. The summed E-state index contributed by atoms with van der Waals surface area (Å²) in [6.07, 6.45) is -3.18.